The summed E-state index contributed by atoms with van der Waals surface area (Å²) in [6.07, 6.45) is 2.30. The quantitative estimate of drug-likeness (QED) is 0.682. The van der Waals surface area contributed by atoms with Crippen LogP contribution in [0.15, 0.2) is 0 Å². The molecule has 0 aromatic carbocycles. The summed E-state index contributed by atoms with van der Waals surface area (Å²) in [6, 6.07) is -0.153. The molecule has 4 heteroatoms. The summed E-state index contributed by atoms with van der Waals surface area (Å²) in [4.78, 5) is 26.8. The van der Waals surface area contributed by atoms with E-state index >= 15 is 0 Å². The number of hydrogen-bond acceptors (Lipinski definition) is 3. The Morgan fingerprint density at radius 1 is 1.40 bits per heavy atom. The third kappa shape index (κ3) is 3.30. The van der Waals surface area contributed by atoms with Gasteiger partial charge >= 0.3 is 0 Å². The summed E-state index contributed by atoms with van der Waals surface area (Å²) < 4.78 is 0. The zero-order valence-corrected chi connectivity index (χ0v) is 9.82. The van der Waals surface area contributed by atoms with Gasteiger partial charge < -0.3 is 9.80 Å². The number of hydrogen-bond donors (Lipinski definition) is 0. The van der Waals surface area contributed by atoms with Crippen LogP contribution in [-0.2, 0) is 9.59 Å². The highest BCUT2D eigenvalue weighted by atomic mass is 16.2. The predicted molar refractivity (Wildman–Crippen MR) is 58.6 cm³/mol. The van der Waals surface area contributed by atoms with Gasteiger partial charge in [0.05, 0.1) is 6.04 Å². The van der Waals surface area contributed by atoms with Crippen LogP contribution in [0.3, 0.4) is 0 Å². The third-order valence-electron chi connectivity index (χ3n) is 2.82. The maximum atomic E-state index is 11.8. The molecule has 1 amide bonds. The van der Waals surface area contributed by atoms with E-state index in [2.05, 4.69) is 0 Å². The molecule has 0 N–H and O–H groups in total. The van der Waals surface area contributed by atoms with E-state index in [1.807, 2.05) is 19.0 Å². The van der Waals surface area contributed by atoms with E-state index in [-0.39, 0.29) is 17.7 Å². The first kappa shape index (κ1) is 12.2. The molecule has 0 saturated carbocycles. The van der Waals surface area contributed by atoms with Crippen LogP contribution >= 0.6 is 0 Å². The Balaban J connectivity index is 2.47. The topological polar surface area (TPSA) is 40.6 Å². The lowest BCUT2D eigenvalue weighted by molar-refractivity contribution is -0.137. The number of amides is 1. The predicted octanol–water partition coefficient (Wildman–Crippen LogP) is 0.518. The molecular weight excluding hydrogens is 192 g/mol. The lowest BCUT2D eigenvalue weighted by atomic mass is 10.1. The first-order valence-corrected chi connectivity index (χ1v) is 5.47. The molecule has 0 spiro atoms. The number of likely N-dealkylation sites (tertiary alicyclic amines) is 1. The van der Waals surface area contributed by atoms with E-state index in [9.17, 15) is 9.59 Å². The Kier molecular flexibility index (Phi) is 4.27. The standard InChI is InChI=1S/C11H20N2O2/c1-9(14)10-5-4-7-13(10)11(15)6-8-12(2)3/h10H,4-8H2,1-3H3/t10-/m0/s1. The monoisotopic (exact) mass is 212 g/mol. The van der Waals surface area contributed by atoms with Gasteiger partial charge in [-0.1, -0.05) is 0 Å². The molecule has 86 valence electrons. The minimum absolute atomic E-state index is 0.112. The van der Waals surface area contributed by atoms with Crippen molar-refractivity contribution < 1.29 is 9.59 Å². The van der Waals surface area contributed by atoms with Gasteiger partial charge in [0.15, 0.2) is 5.78 Å². The zero-order chi connectivity index (χ0) is 11.4. The molecule has 1 heterocycles. The minimum atomic E-state index is -0.153. The Labute approximate surface area is 91.2 Å². The number of rotatable bonds is 4. The van der Waals surface area contributed by atoms with Gasteiger partial charge in [-0.05, 0) is 33.9 Å². The normalized spacial score (nSPS) is 21.1. The Bertz CT molecular complexity index is 251. The number of carbonyl (C=O) groups is 2. The molecule has 0 radical (unpaired) electrons. The van der Waals surface area contributed by atoms with Crippen LogP contribution in [-0.4, -0.2) is 54.7 Å². The van der Waals surface area contributed by atoms with Gasteiger partial charge in [-0.25, -0.2) is 0 Å². The van der Waals surface area contributed by atoms with Crippen molar-refractivity contribution in [2.75, 3.05) is 27.2 Å². The number of nitrogens with zero attached hydrogens (tertiary/aromatic N) is 2. The van der Waals surface area contributed by atoms with Crippen molar-refractivity contribution in [1.82, 2.24) is 9.80 Å². The molecule has 1 atom stereocenters. The number of ketones is 1. The maximum absolute atomic E-state index is 11.8. The summed E-state index contributed by atoms with van der Waals surface area (Å²) >= 11 is 0. The van der Waals surface area contributed by atoms with Crippen molar-refractivity contribution in [1.29, 1.82) is 0 Å². The smallest absolute Gasteiger partial charge is 0.224 e. The molecule has 1 fully saturated rings. The molecule has 0 unspecified atom stereocenters. The van der Waals surface area contributed by atoms with Crippen molar-refractivity contribution in [3.63, 3.8) is 0 Å². The van der Waals surface area contributed by atoms with E-state index in [0.717, 1.165) is 25.9 Å². The molecule has 1 aliphatic rings. The first-order chi connectivity index (χ1) is 7.02. The highest BCUT2D eigenvalue weighted by molar-refractivity contribution is 5.88. The van der Waals surface area contributed by atoms with Gasteiger partial charge in [0.1, 0.15) is 0 Å². The second-order valence-corrected chi connectivity index (χ2v) is 4.41. The number of Topliss-reactive ketones (excluding diaryl/α,β-unsaturated/α-hetero) is 1. The van der Waals surface area contributed by atoms with E-state index in [4.69, 9.17) is 0 Å². The number of carbonyl (C=O) groups excluding carboxylic acids is 2. The molecule has 1 rings (SSSR count). The lowest BCUT2D eigenvalue weighted by Gasteiger charge is -2.23. The van der Waals surface area contributed by atoms with Crippen molar-refractivity contribution >= 4 is 11.7 Å². The van der Waals surface area contributed by atoms with Gasteiger partial charge in [-0.3, -0.25) is 9.59 Å². The summed E-state index contributed by atoms with van der Waals surface area (Å²) in [7, 11) is 3.89. The summed E-state index contributed by atoms with van der Waals surface area (Å²) in [5.74, 6) is 0.229. The third-order valence-corrected chi connectivity index (χ3v) is 2.82. The molecule has 0 aromatic rings. The molecule has 1 saturated heterocycles. The van der Waals surface area contributed by atoms with Crippen LogP contribution in [0.2, 0.25) is 0 Å². The largest absolute Gasteiger partial charge is 0.333 e. The van der Waals surface area contributed by atoms with Gasteiger partial charge in [0.25, 0.3) is 0 Å². The fourth-order valence-electron chi connectivity index (χ4n) is 1.95. The lowest BCUT2D eigenvalue weighted by Crippen LogP contribution is -2.40. The molecule has 4 nitrogen and oxygen atoms in total. The van der Waals surface area contributed by atoms with E-state index in [1.165, 1.54) is 0 Å². The van der Waals surface area contributed by atoms with Crippen molar-refractivity contribution in [3.05, 3.63) is 0 Å². The molecule has 0 bridgehead atoms. The summed E-state index contributed by atoms with van der Waals surface area (Å²) in [5, 5.41) is 0. The molecule has 0 aromatic heterocycles. The van der Waals surface area contributed by atoms with Crippen LogP contribution in [0.25, 0.3) is 0 Å². The van der Waals surface area contributed by atoms with Crippen LogP contribution in [0, 0.1) is 0 Å². The Hall–Kier alpha value is -0.900. The second-order valence-electron chi connectivity index (χ2n) is 4.41. The van der Waals surface area contributed by atoms with Crippen LogP contribution < -0.4 is 0 Å². The average molecular weight is 212 g/mol. The molecular formula is C11H20N2O2. The Morgan fingerprint density at radius 2 is 2.07 bits per heavy atom. The van der Waals surface area contributed by atoms with E-state index in [0.29, 0.717) is 6.42 Å². The van der Waals surface area contributed by atoms with Crippen molar-refractivity contribution in [2.24, 2.45) is 0 Å². The van der Waals surface area contributed by atoms with E-state index in [1.54, 1.807) is 11.8 Å². The summed E-state index contributed by atoms with van der Waals surface area (Å²) in [6.45, 7) is 3.07. The van der Waals surface area contributed by atoms with Gasteiger partial charge in [-0.15, -0.1) is 0 Å². The van der Waals surface area contributed by atoms with Gasteiger partial charge in [-0.2, -0.15) is 0 Å². The van der Waals surface area contributed by atoms with Gasteiger partial charge in [0, 0.05) is 19.5 Å². The first-order valence-electron chi connectivity index (χ1n) is 5.47. The van der Waals surface area contributed by atoms with Crippen LogP contribution in [0.4, 0.5) is 0 Å². The van der Waals surface area contributed by atoms with Crippen molar-refractivity contribution in [3.8, 4) is 0 Å². The molecule has 1 aliphatic heterocycles. The van der Waals surface area contributed by atoms with Crippen molar-refractivity contribution in [2.45, 2.75) is 32.2 Å². The highest BCUT2D eigenvalue weighted by Crippen LogP contribution is 2.18. The SMILES string of the molecule is CC(=O)[C@@H]1CCCN1C(=O)CCN(C)C. The highest BCUT2D eigenvalue weighted by Gasteiger charge is 2.31. The summed E-state index contributed by atoms with van der Waals surface area (Å²) in [5.41, 5.74) is 0. The van der Waals surface area contributed by atoms with Gasteiger partial charge in [0.2, 0.25) is 5.91 Å². The van der Waals surface area contributed by atoms with E-state index < -0.39 is 0 Å². The van der Waals surface area contributed by atoms with Crippen LogP contribution in [0.5, 0.6) is 0 Å². The fraction of sp³-hybridized carbons (Fsp3) is 0.818. The fourth-order valence-corrected chi connectivity index (χ4v) is 1.95. The molecule has 15 heavy (non-hydrogen) atoms. The zero-order valence-electron chi connectivity index (χ0n) is 9.82. The Morgan fingerprint density at radius 3 is 2.60 bits per heavy atom. The average Bonchev–Trinajstić information content (AvgIpc) is 2.62. The maximum Gasteiger partial charge on any atom is 0.224 e. The van der Waals surface area contributed by atoms with Crippen LogP contribution in [0.1, 0.15) is 26.2 Å². The molecule has 0 aliphatic carbocycles. The second kappa shape index (κ2) is 5.26. The minimum Gasteiger partial charge on any atom is -0.333 e.